The molecule has 0 bridgehead atoms. The molecule has 190 valence electrons. The van der Waals surface area contributed by atoms with E-state index in [2.05, 4.69) is 5.32 Å². The fraction of sp³-hybridized carbons (Fsp3) is 0.417. The third-order valence-electron chi connectivity index (χ3n) is 5.26. The van der Waals surface area contributed by atoms with Gasteiger partial charge in [-0.2, -0.15) is 0 Å². The number of carbonyl (C=O) groups excluding carboxylic acids is 2. The Morgan fingerprint density at radius 2 is 1.71 bits per heavy atom. The number of ether oxygens (including phenoxy) is 2. The van der Waals surface area contributed by atoms with Crippen LogP contribution in [0.2, 0.25) is 0 Å². The summed E-state index contributed by atoms with van der Waals surface area (Å²) in [5.74, 6) is -0.601. The molecule has 0 spiro atoms. The average Bonchev–Trinajstić information content (AvgIpc) is 3.22. The minimum Gasteiger partial charge on any atom is -0.454 e. The van der Waals surface area contributed by atoms with Gasteiger partial charge in [0.2, 0.25) is 28.6 Å². The van der Waals surface area contributed by atoms with E-state index in [-0.39, 0.29) is 19.0 Å². The van der Waals surface area contributed by atoms with E-state index in [0.717, 1.165) is 10.6 Å². The number of benzene rings is 2. The normalized spacial score (nSPS) is 13.8. The minimum atomic E-state index is -3.88. The Kier molecular flexibility index (Phi) is 7.59. The first-order valence-electron chi connectivity index (χ1n) is 11.0. The maximum Gasteiger partial charge on any atom is 0.244 e. The van der Waals surface area contributed by atoms with Gasteiger partial charge in [0.25, 0.3) is 0 Å². The van der Waals surface area contributed by atoms with Crippen molar-refractivity contribution >= 4 is 27.5 Å². The molecule has 0 radical (unpaired) electrons. The van der Waals surface area contributed by atoms with Crippen LogP contribution < -0.4 is 19.1 Å². The van der Waals surface area contributed by atoms with E-state index in [0.29, 0.717) is 17.1 Å². The molecular weight excluding hydrogens is 477 g/mol. The summed E-state index contributed by atoms with van der Waals surface area (Å²) in [6.45, 7) is 6.46. The SMILES string of the molecule is C[C@@H](C(=O)NC(C)(C)C)N(Cc1ccc(F)cc1)C(=O)CN(c1ccc2c(c1)OCO2)S(C)(=O)=O. The molecule has 9 nitrogen and oxygen atoms in total. The van der Waals surface area contributed by atoms with Crippen molar-refractivity contribution < 1.29 is 31.9 Å². The van der Waals surface area contributed by atoms with Gasteiger partial charge in [0.15, 0.2) is 11.5 Å². The Labute approximate surface area is 204 Å². The molecule has 1 N–H and O–H groups in total. The summed E-state index contributed by atoms with van der Waals surface area (Å²) in [6.07, 6.45) is 0.991. The highest BCUT2D eigenvalue weighted by Gasteiger charge is 2.32. The summed E-state index contributed by atoms with van der Waals surface area (Å²) in [6, 6.07) is 9.17. The summed E-state index contributed by atoms with van der Waals surface area (Å²) < 4.78 is 50.2. The second-order valence-electron chi connectivity index (χ2n) is 9.37. The first-order valence-corrected chi connectivity index (χ1v) is 12.8. The van der Waals surface area contributed by atoms with Crippen molar-refractivity contribution in [3.05, 3.63) is 53.8 Å². The Hall–Kier alpha value is -3.34. The van der Waals surface area contributed by atoms with E-state index in [1.54, 1.807) is 13.0 Å². The molecule has 0 saturated carbocycles. The van der Waals surface area contributed by atoms with E-state index in [1.165, 1.54) is 41.3 Å². The lowest BCUT2D eigenvalue weighted by Crippen LogP contribution is -2.54. The topological polar surface area (TPSA) is 105 Å². The van der Waals surface area contributed by atoms with Crippen LogP contribution in [0.15, 0.2) is 42.5 Å². The molecule has 2 aromatic rings. The van der Waals surface area contributed by atoms with Crippen molar-refractivity contribution in [3.63, 3.8) is 0 Å². The quantitative estimate of drug-likeness (QED) is 0.589. The third-order valence-corrected chi connectivity index (χ3v) is 6.40. The number of fused-ring (bicyclic) bond motifs is 1. The van der Waals surface area contributed by atoms with Gasteiger partial charge < -0.3 is 19.7 Å². The van der Waals surface area contributed by atoms with Gasteiger partial charge in [-0.25, -0.2) is 12.8 Å². The number of carbonyl (C=O) groups is 2. The highest BCUT2D eigenvalue weighted by molar-refractivity contribution is 7.92. The zero-order chi connectivity index (χ0) is 26.0. The molecule has 1 aliphatic rings. The van der Waals surface area contributed by atoms with Crippen molar-refractivity contribution in [1.82, 2.24) is 10.2 Å². The van der Waals surface area contributed by atoms with Crippen LogP contribution >= 0.6 is 0 Å². The minimum absolute atomic E-state index is 0.0163. The van der Waals surface area contributed by atoms with Gasteiger partial charge in [-0.1, -0.05) is 12.1 Å². The second kappa shape index (κ2) is 10.1. The van der Waals surface area contributed by atoms with Crippen LogP contribution in [0, 0.1) is 5.82 Å². The molecule has 1 aliphatic heterocycles. The summed E-state index contributed by atoms with van der Waals surface area (Å²) in [7, 11) is -3.88. The maximum atomic E-state index is 13.5. The van der Waals surface area contributed by atoms with Gasteiger partial charge in [-0.3, -0.25) is 13.9 Å². The van der Waals surface area contributed by atoms with Crippen molar-refractivity contribution in [3.8, 4) is 11.5 Å². The molecule has 0 saturated heterocycles. The van der Waals surface area contributed by atoms with Crippen LogP contribution in [-0.2, 0) is 26.2 Å². The standard InChI is InChI=1S/C24H30FN3O6S/c1-16(23(30)26-24(2,3)4)27(13-17-6-8-18(25)9-7-17)22(29)14-28(35(5,31)32)19-10-11-20-21(12-19)34-15-33-20/h6-12,16H,13-15H2,1-5H3,(H,26,30)/t16-/m0/s1. The molecule has 11 heteroatoms. The molecule has 2 amide bonds. The highest BCUT2D eigenvalue weighted by Crippen LogP contribution is 2.36. The first-order chi connectivity index (χ1) is 16.2. The zero-order valence-corrected chi connectivity index (χ0v) is 21.2. The van der Waals surface area contributed by atoms with E-state index < -0.39 is 45.8 Å². The van der Waals surface area contributed by atoms with Crippen molar-refractivity contribution in [1.29, 1.82) is 0 Å². The molecule has 0 aliphatic carbocycles. The number of nitrogens with one attached hydrogen (secondary N) is 1. The van der Waals surface area contributed by atoms with Gasteiger partial charge in [0.1, 0.15) is 18.4 Å². The number of hydrogen-bond donors (Lipinski definition) is 1. The van der Waals surface area contributed by atoms with Crippen LogP contribution in [0.25, 0.3) is 0 Å². The highest BCUT2D eigenvalue weighted by atomic mass is 32.2. The number of nitrogens with zero attached hydrogens (tertiary/aromatic N) is 2. The van der Waals surface area contributed by atoms with Gasteiger partial charge in [0.05, 0.1) is 11.9 Å². The smallest absolute Gasteiger partial charge is 0.244 e. The molecule has 0 unspecified atom stereocenters. The second-order valence-corrected chi connectivity index (χ2v) is 11.3. The number of hydrogen-bond acceptors (Lipinski definition) is 6. The van der Waals surface area contributed by atoms with Crippen LogP contribution in [-0.4, -0.2) is 56.3 Å². The zero-order valence-electron chi connectivity index (χ0n) is 20.4. The summed E-state index contributed by atoms with van der Waals surface area (Å²) >= 11 is 0. The number of halogens is 1. The third kappa shape index (κ3) is 6.84. The van der Waals surface area contributed by atoms with Gasteiger partial charge in [0, 0.05) is 18.2 Å². The Balaban J connectivity index is 1.91. The Bertz CT molecular complexity index is 1190. The van der Waals surface area contributed by atoms with Crippen LogP contribution in [0.5, 0.6) is 11.5 Å². The average molecular weight is 508 g/mol. The van der Waals surface area contributed by atoms with Crippen molar-refractivity contribution in [2.75, 3.05) is 23.9 Å². The molecule has 2 aromatic carbocycles. The first kappa shape index (κ1) is 26.3. The molecule has 0 aromatic heterocycles. The fourth-order valence-electron chi connectivity index (χ4n) is 3.50. The van der Waals surface area contributed by atoms with E-state index >= 15 is 0 Å². The monoisotopic (exact) mass is 507 g/mol. The molecule has 0 fully saturated rings. The molecule has 1 heterocycles. The van der Waals surface area contributed by atoms with Gasteiger partial charge >= 0.3 is 0 Å². The molecule has 3 rings (SSSR count). The lowest BCUT2D eigenvalue weighted by molar-refractivity contribution is -0.140. The largest absolute Gasteiger partial charge is 0.454 e. The lowest BCUT2D eigenvalue weighted by Gasteiger charge is -2.33. The van der Waals surface area contributed by atoms with Gasteiger partial charge in [-0.05, 0) is 57.5 Å². The van der Waals surface area contributed by atoms with E-state index in [4.69, 9.17) is 9.47 Å². The van der Waals surface area contributed by atoms with Crippen LogP contribution in [0.1, 0.15) is 33.3 Å². The van der Waals surface area contributed by atoms with E-state index in [9.17, 15) is 22.4 Å². The summed E-state index contributed by atoms with van der Waals surface area (Å²) in [5.41, 5.74) is 0.268. The van der Waals surface area contributed by atoms with Crippen LogP contribution in [0.4, 0.5) is 10.1 Å². The predicted octanol–water partition coefficient (Wildman–Crippen LogP) is 2.65. The number of anilines is 1. The lowest BCUT2D eigenvalue weighted by atomic mass is 10.1. The fourth-order valence-corrected chi connectivity index (χ4v) is 4.34. The molecular formula is C24H30FN3O6S. The number of amides is 2. The van der Waals surface area contributed by atoms with Gasteiger partial charge in [-0.15, -0.1) is 0 Å². The molecule has 1 atom stereocenters. The molecule has 35 heavy (non-hydrogen) atoms. The van der Waals surface area contributed by atoms with Crippen molar-refractivity contribution in [2.24, 2.45) is 0 Å². The van der Waals surface area contributed by atoms with Crippen molar-refractivity contribution in [2.45, 2.75) is 45.8 Å². The Morgan fingerprint density at radius 3 is 2.31 bits per heavy atom. The Morgan fingerprint density at radius 1 is 1.09 bits per heavy atom. The number of rotatable bonds is 8. The van der Waals surface area contributed by atoms with E-state index in [1.807, 2.05) is 20.8 Å². The summed E-state index contributed by atoms with van der Waals surface area (Å²) in [4.78, 5) is 27.7. The van der Waals surface area contributed by atoms with Crippen LogP contribution in [0.3, 0.4) is 0 Å². The predicted molar refractivity (Wildman–Crippen MR) is 129 cm³/mol. The summed E-state index contributed by atoms with van der Waals surface area (Å²) in [5, 5.41) is 2.84. The maximum absolute atomic E-state index is 13.5. The number of sulfonamides is 1.